The number of nitrogens with two attached hydrogens (primary N) is 1. The highest BCUT2D eigenvalue weighted by Crippen LogP contribution is 2.29. The summed E-state index contributed by atoms with van der Waals surface area (Å²) in [5.41, 5.74) is 10.6. The van der Waals surface area contributed by atoms with Crippen LogP contribution in [0.3, 0.4) is 0 Å². The molecule has 5 N–H and O–H groups in total. The van der Waals surface area contributed by atoms with Gasteiger partial charge in [0.25, 0.3) is 0 Å². The normalized spacial score (nSPS) is 18.1. The third-order valence-corrected chi connectivity index (χ3v) is 5.99. The van der Waals surface area contributed by atoms with E-state index in [4.69, 9.17) is 21.0 Å². The molecule has 0 radical (unpaired) electrons. The smallest absolute Gasteiger partial charge is 0.213 e. The van der Waals surface area contributed by atoms with Crippen LogP contribution in [0.1, 0.15) is 37.8 Å². The van der Waals surface area contributed by atoms with Gasteiger partial charge in [0.1, 0.15) is 5.84 Å². The highest BCUT2D eigenvalue weighted by molar-refractivity contribution is 6.00. The van der Waals surface area contributed by atoms with Crippen LogP contribution in [0.25, 0.3) is 16.6 Å². The minimum Gasteiger partial charge on any atom is -0.481 e. The first-order valence-corrected chi connectivity index (χ1v) is 10.6. The Bertz CT molecular complexity index is 1120. The van der Waals surface area contributed by atoms with E-state index in [1.54, 1.807) is 7.11 Å². The number of aryl methyl sites for hydroxylation is 1. The monoisotopic (exact) mass is 421 g/mol. The maximum Gasteiger partial charge on any atom is 0.213 e. The van der Waals surface area contributed by atoms with Crippen molar-refractivity contribution in [2.24, 2.45) is 11.7 Å². The van der Waals surface area contributed by atoms with Gasteiger partial charge in [-0.05, 0) is 63.8 Å². The van der Waals surface area contributed by atoms with Gasteiger partial charge in [0.05, 0.1) is 18.2 Å². The zero-order valence-electron chi connectivity index (χ0n) is 18.6. The molecule has 31 heavy (non-hydrogen) atoms. The highest BCUT2D eigenvalue weighted by atomic mass is 16.5. The number of rotatable bonds is 6. The molecule has 0 bridgehead atoms. The number of aromatic nitrogens is 3. The van der Waals surface area contributed by atoms with Crippen LogP contribution in [0.2, 0.25) is 0 Å². The predicted molar refractivity (Wildman–Crippen MR) is 124 cm³/mol. The largest absolute Gasteiger partial charge is 0.481 e. The molecule has 1 unspecified atom stereocenters. The third kappa shape index (κ3) is 4.49. The van der Waals surface area contributed by atoms with E-state index >= 15 is 0 Å². The molecule has 1 aliphatic rings. The number of anilines is 1. The van der Waals surface area contributed by atoms with Crippen molar-refractivity contribution in [2.75, 3.05) is 25.5 Å². The SMILES string of the molecule is COc1cc(C)c(-c2cc3cc(C(=N)N)c(NCC4CCNC(C)(C)C4)nn3c2)cn1. The summed E-state index contributed by atoms with van der Waals surface area (Å²) in [7, 11) is 1.61. The van der Waals surface area contributed by atoms with E-state index in [9.17, 15) is 0 Å². The van der Waals surface area contributed by atoms with Crippen LogP contribution in [0, 0.1) is 18.3 Å². The number of hydrogen-bond donors (Lipinski definition) is 4. The number of piperidine rings is 1. The molecule has 0 amide bonds. The Balaban J connectivity index is 1.63. The number of amidine groups is 1. The lowest BCUT2D eigenvalue weighted by Crippen LogP contribution is -2.47. The van der Waals surface area contributed by atoms with Gasteiger partial charge in [-0.1, -0.05) is 0 Å². The Morgan fingerprint density at radius 2 is 2.19 bits per heavy atom. The average Bonchev–Trinajstić information content (AvgIpc) is 3.13. The van der Waals surface area contributed by atoms with Gasteiger partial charge in [0.2, 0.25) is 5.88 Å². The third-order valence-electron chi connectivity index (χ3n) is 5.99. The molecule has 1 fully saturated rings. The summed E-state index contributed by atoms with van der Waals surface area (Å²) in [4.78, 5) is 4.34. The number of nitrogen functional groups attached to an aromatic ring is 1. The number of pyridine rings is 1. The standard InChI is InChI=1S/C23H31N7O/c1-14-7-20(31-4)26-12-19(14)16-8-17-9-18(21(24)25)22(29-30(17)13-16)27-11-15-5-6-28-23(2,3)10-15/h7-9,12-13,15,28H,5-6,10-11H2,1-4H3,(H3,24,25)(H,27,29). The zero-order chi connectivity index (χ0) is 22.2. The number of nitrogens with zero attached hydrogens (tertiary/aromatic N) is 3. The van der Waals surface area contributed by atoms with Crippen molar-refractivity contribution in [3.63, 3.8) is 0 Å². The molecule has 3 aromatic heterocycles. The molecule has 0 saturated carbocycles. The van der Waals surface area contributed by atoms with Crippen LogP contribution in [0.15, 0.2) is 30.6 Å². The maximum absolute atomic E-state index is 8.04. The summed E-state index contributed by atoms with van der Waals surface area (Å²) < 4.78 is 7.05. The van der Waals surface area contributed by atoms with Crippen molar-refractivity contribution in [1.29, 1.82) is 5.41 Å². The van der Waals surface area contributed by atoms with Crippen LogP contribution in [0.5, 0.6) is 5.88 Å². The Kier molecular flexibility index (Phi) is 5.58. The molecule has 4 heterocycles. The lowest BCUT2D eigenvalue weighted by atomic mass is 9.84. The lowest BCUT2D eigenvalue weighted by Gasteiger charge is -2.36. The fraction of sp³-hybridized carbons (Fsp3) is 0.435. The molecular weight excluding hydrogens is 390 g/mol. The summed E-state index contributed by atoms with van der Waals surface area (Å²) >= 11 is 0. The van der Waals surface area contributed by atoms with Crippen molar-refractivity contribution < 1.29 is 4.74 Å². The van der Waals surface area contributed by atoms with Crippen molar-refractivity contribution >= 4 is 17.2 Å². The number of hydrogen-bond acceptors (Lipinski definition) is 6. The Labute approximate surface area is 182 Å². The van der Waals surface area contributed by atoms with Gasteiger partial charge in [0.15, 0.2) is 5.82 Å². The van der Waals surface area contributed by atoms with Crippen molar-refractivity contribution in [3.8, 4) is 17.0 Å². The molecule has 0 spiro atoms. The van der Waals surface area contributed by atoms with E-state index in [0.29, 0.717) is 23.2 Å². The summed E-state index contributed by atoms with van der Waals surface area (Å²) in [5.74, 6) is 1.78. The number of nitrogens with one attached hydrogen (secondary N) is 3. The first-order valence-electron chi connectivity index (χ1n) is 10.6. The number of ether oxygens (including phenoxy) is 1. The van der Waals surface area contributed by atoms with Gasteiger partial charge in [-0.2, -0.15) is 0 Å². The molecule has 0 aliphatic carbocycles. The molecule has 1 saturated heterocycles. The van der Waals surface area contributed by atoms with Crippen LogP contribution in [-0.4, -0.2) is 46.2 Å². The van der Waals surface area contributed by atoms with Crippen molar-refractivity contribution in [2.45, 2.75) is 39.2 Å². The molecule has 4 rings (SSSR count). The maximum atomic E-state index is 8.04. The second kappa shape index (κ2) is 8.19. The summed E-state index contributed by atoms with van der Waals surface area (Å²) in [6.07, 6.45) is 6.00. The van der Waals surface area contributed by atoms with Gasteiger partial charge < -0.3 is 21.1 Å². The summed E-state index contributed by atoms with van der Waals surface area (Å²) in [5, 5.41) is 19.8. The van der Waals surface area contributed by atoms with Gasteiger partial charge in [-0.25, -0.2) is 9.50 Å². The predicted octanol–water partition coefficient (Wildman–Crippen LogP) is 3.19. The van der Waals surface area contributed by atoms with Crippen LogP contribution >= 0.6 is 0 Å². The molecule has 1 atom stereocenters. The van der Waals surface area contributed by atoms with Crippen molar-refractivity contribution in [1.82, 2.24) is 19.9 Å². The van der Waals surface area contributed by atoms with E-state index in [2.05, 4.69) is 29.5 Å². The molecule has 8 heteroatoms. The number of fused-ring (bicyclic) bond motifs is 1. The van der Waals surface area contributed by atoms with Gasteiger partial charge in [0, 0.05) is 41.7 Å². The second-order valence-corrected chi connectivity index (χ2v) is 9.01. The quantitative estimate of drug-likeness (QED) is 0.359. The fourth-order valence-electron chi connectivity index (χ4n) is 4.39. The van der Waals surface area contributed by atoms with Gasteiger partial charge in [-0.15, -0.1) is 5.10 Å². The minimum atomic E-state index is 0.00758. The Morgan fingerprint density at radius 3 is 2.87 bits per heavy atom. The fourth-order valence-corrected chi connectivity index (χ4v) is 4.39. The van der Waals surface area contributed by atoms with Crippen LogP contribution in [0.4, 0.5) is 5.82 Å². The lowest BCUT2D eigenvalue weighted by molar-refractivity contribution is 0.238. The minimum absolute atomic E-state index is 0.00758. The molecular formula is C23H31N7O. The molecule has 164 valence electrons. The van der Waals surface area contributed by atoms with Crippen LogP contribution in [-0.2, 0) is 0 Å². The Hall–Kier alpha value is -3.13. The highest BCUT2D eigenvalue weighted by Gasteiger charge is 2.27. The first kappa shape index (κ1) is 21.1. The number of methoxy groups -OCH3 is 1. The molecule has 3 aromatic rings. The summed E-state index contributed by atoms with van der Waals surface area (Å²) in [6.45, 7) is 8.33. The average molecular weight is 422 g/mol. The molecule has 1 aliphatic heterocycles. The van der Waals surface area contributed by atoms with Gasteiger partial charge >= 0.3 is 0 Å². The van der Waals surface area contributed by atoms with E-state index in [-0.39, 0.29) is 11.4 Å². The topological polar surface area (TPSA) is 113 Å². The Morgan fingerprint density at radius 1 is 1.39 bits per heavy atom. The van der Waals surface area contributed by atoms with Gasteiger partial charge in [-0.3, -0.25) is 5.41 Å². The van der Waals surface area contributed by atoms with E-state index < -0.39 is 0 Å². The molecule has 8 nitrogen and oxygen atoms in total. The summed E-state index contributed by atoms with van der Waals surface area (Å²) in [6, 6.07) is 5.87. The first-order chi connectivity index (χ1) is 14.8. The van der Waals surface area contributed by atoms with Crippen molar-refractivity contribution in [3.05, 3.63) is 41.7 Å². The van der Waals surface area contributed by atoms with Crippen LogP contribution < -0.4 is 21.1 Å². The van der Waals surface area contributed by atoms with E-state index in [1.165, 1.54) is 0 Å². The van der Waals surface area contributed by atoms with E-state index in [1.807, 2.05) is 42.0 Å². The zero-order valence-corrected chi connectivity index (χ0v) is 18.6. The molecule has 0 aromatic carbocycles. The second-order valence-electron chi connectivity index (χ2n) is 9.01. The van der Waals surface area contributed by atoms with E-state index in [0.717, 1.165) is 48.1 Å².